The molecule has 0 radical (unpaired) electrons. The summed E-state index contributed by atoms with van der Waals surface area (Å²) in [5, 5.41) is 9.28. The second-order valence-corrected chi connectivity index (χ2v) is 4.70. The quantitative estimate of drug-likeness (QED) is 0.838. The number of likely N-dealkylation sites (tertiary alicyclic amines) is 1. The lowest BCUT2D eigenvalue weighted by Gasteiger charge is -2.32. The van der Waals surface area contributed by atoms with Gasteiger partial charge in [-0.1, -0.05) is 0 Å². The number of carbonyl (C=O) groups excluding carboxylic acids is 2. The van der Waals surface area contributed by atoms with Gasteiger partial charge in [0.25, 0.3) is 5.91 Å². The van der Waals surface area contributed by atoms with E-state index in [0.29, 0.717) is 25.5 Å². The van der Waals surface area contributed by atoms with Crippen molar-refractivity contribution in [2.75, 3.05) is 19.7 Å². The van der Waals surface area contributed by atoms with Gasteiger partial charge in [0.05, 0.1) is 6.61 Å². The monoisotopic (exact) mass is 281 g/mol. The molecule has 1 aromatic heterocycles. The number of amides is 2. The van der Waals surface area contributed by atoms with Gasteiger partial charge in [0.1, 0.15) is 5.82 Å². The highest BCUT2D eigenvalue weighted by Gasteiger charge is 2.27. The first-order chi connectivity index (χ1) is 9.60. The van der Waals surface area contributed by atoms with E-state index in [1.807, 2.05) is 0 Å². The lowest BCUT2D eigenvalue weighted by atomic mass is 10.1. The van der Waals surface area contributed by atoms with Crippen LogP contribution in [0, 0.1) is 6.92 Å². The molecule has 1 fully saturated rings. The summed E-state index contributed by atoms with van der Waals surface area (Å²) < 4.78 is 4.85. The summed E-state index contributed by atoms with van der Waals surface area (Å²) in [7, 11) is 0. The van der Waals surface area contributed by atoms with Crippen LogP contribution in [0.2, 0.25) is 0 Å². The Kier molecular flexibility index (Phi) is 4.54. The van der Waals surface area contributed by atoms with E-state index >= 15 is 0 Å². The molecular formula is C12H19N5O3. The number of nitrogens with zero attached hydrogens (tertiary/aromatic N) is 3. The molecule has 1 aliphatic heterocycles. The predicted octanol–water partition coefficient (Wildman–Crippen LogP) is 0.464. The first kappa shape index (κ1) is 14.3. The highest BCUT2D eigenvalue weighted by atomic mass is 16.5. The van der Waals surface area contributed by atoms with Crippen molar-refractivity contribution in [3.63, 3.8) is 0 Å². The average molecular weight is 281 g/mol. The number of aromatic amines is 1. The Labute approximate surface area is 116 Å². The van der Waals surface area contributed by atoms with E-state index in [2.05, 4.69) is 20.5 Å². The second-order valence-electron chi connectivity index (χ2n) is 4.70. The van der Waals surface area contributed by atoms with Crippen LogP contribution in [-0.2, 0) is 4.74 Å². The Morgan fingerprint density at radius 2 is 2.35 bits per heavy atom. The minimum atomic E-state index is -0.444. The van der Waals surface area contributed by atoms with Crippen molar-refractivity contribution in [2.24, 2.45) is 0 Å². The molecule has 1 atom stereocenters. The van der Waals surface area contributed by atoms with Crippen LogP contribution in [0.5, 0.6) is 0 Å². The first-order valence-electron chi connectivity index (χ1n) is 6.71. The van der Waals surface area contributed by atoms with E-state index in [1.54, 1.807) is 18.7 Å². The van der Waals surface area contributed by atoms with Crippen LogP contribution in [0.15, 0.2) is 0 Å². The van der Waals surface area contributed by atoms with E-state index in [1.165, 1.54) is 0 Å². The smallest absolute Gasteiger partial charge is 0.407 e. The normalized spacial score (nSPS) is 18.7. The molecule has 2 heterocycles. The van der Waals surface area contributed by atoms with Gasteiger partial charge in [-0.15, -0.1) is 5.10 Å². The van der Waals surface area contributed by atoms with E-state index < -0.39 is 6.09 Å². The van der Waals surface area contributed by atoms with Gasteiger partial charge < -0.3 is 15.0 Å². The summed E-state index contributed by atoms with van der Waals surface area (Å²) in [6.07, 6.45) is 1.21. The van der Waals surface area contributed by atoms with Crippen LogP contribution in [-0.4, -0.2) is 57.8 Å². The zero-order valence-electron chi connectivity index (χ0n) is 11.7. The van der Waals surface area contributed by atoms with Gasteiger partial charge in [-0.25, -0.2) is 9.78 Å². The molecule has 1 saturated heterocycles. The number of ether oxygens (including phenoxy) is 1. The Hall–Kier alpha value is -2.12. The van der Waals surface area contributed by atoms with Crippen LogP contribution < -0.4 is 5.32 Å². The largest absolute Gasteiger partial charge is 0.450 e. The van der Waals surface area contributed by atoms with Gasteiger partial charge in [-0.05, 0) is 26.7 Å². The zero-order chi connectivity index (χ0) is 14.5. The number of aromatic nitrogens is 3. The zero-order valence-corrected chi connectivity index (χ0v) is 11.7. The molecule has 1 aromatic rings. The topological polar surface area (TPSA) is 100 Å². The van der Waals surface area contributed by atoms with Crippen molar-refractivity contribution in [2.45, 2.75) is 32.7 Å². The molecule has 8 heteroatoms. The summed E-state index contributed by atoms with van der Waals surface area (Å²) in [5.74, 6) is 0.551. The fourth-order valence-electron chi connectivity index (χ4n) is 2.20. The SMILES string of the molecule is CCOC(=O)NC1CCCN(C(=O)c2n[nH]c(C)n2)C1. The number of aryl methyl sites for hydroxylation is 1. The number of hydrogen-bond donors (Lipinski definition) is 2. The minimum absolute atomic E-state index is 0.0909. The predicted molar refractivity (Wildman–Crippen MR) is 70.2 cm³/mol. The summed E-state index contributed by atoms with van der Waals surface area (Å²) in [6, 6.07) is -0.0909. The molecule has 20 heavy (non-hydrogen) atoms. The van der Waals surface area contributed by atoms with Crippen molar-refractivity contribution >= 4 is 12.0 Å². The molecule has 0 aliphatic carbocycles. The molecule has 0 aromatic carbocycles. The lowest BCUT2D eigenvalue weighted by Crippen LogP contribution is -2.49. The third kappa shape index (κ3) is 3.46. The highest BCUT2D eigenvalue weighted by Crippen LogP contribution is 2.12. The molecule has 8 nitrogen and oxygen atoms in total. The molecule has 2 N–H and O–H groups in total. The summed E-state index contributed by atoms with van der Waals surface area (Å²) in [4.78, 5) is 29.3. The molecule has 1 aliphatic rings. The average Bonchev–Trinajstić information content (AvgIpc) is 2.85. The van der Waals surface area contributed by atoms with Crippen LogP contribution in [0.3, 0.4) is 0 Å². The molecule has 2 amide bonds. The third-order valence-electron chi connectivity index (χ3n) is 3.09. The van der Waals surface area contributed by atoms with Gasteiger partial charge in [0.2, 0.25) is 5.82 Å². The highest BCUT2D eigenvalue weighted by molar-refractivity contribution is 5.90. The molecule has 1 unspecified atom stereocenters. The van der Waals surface area contributed by atoms with Crippen LogP contribution in [0.4, 0.5) is 4.79 Å². The van der Waals surface area contributed by atoms with E-state index in [-0.39, 0.29) is 17.8 Å². The molecule has 0 bridgehead atoms. The molecule has 0 spiro atoms. The maximum Gasteiger partial charge on any atom is 0.407 e. The standard InChI is InChI=1S/C12H19N5O3/c1-3-20-12(19)14-9-5-4-6-17(7-9)11(18)10-13-8(2)15-16-10/h9H,3-7H2,1-2H3,(H,14,19)(H,13,15,16). The van der Waals surface area contributed by atoms with Crippen molar-refractivity contribution in [3.05, 3.63) is 11.6 Å². The third-order valence-corrected chi connectivity index (χ3v) is 3.09. The Balaban J connectivity index is 1.93. The molecular weight excluding hydrogens is 262 g/mol. The van der Waals surface area contributed by atoms with E-state index in [0.717, 1.165) is 12.8 Å². The van der Waals surface area contributed by atoms with Crippen molar-refractivity contribution in [1.82, 2.24) is 25.4 Å². The summed E-state index contributed by atoms with van der Waals surface area (Å²) in [5.41, 5.74) is 0. The van der Waals surface area contributed by atoms with Crippen LogP contribution in [0.1, 0.15) is 36.2 Å². The van der Waals surface area contributed by atoms with Gasteiger partial charge in [0.15, 0.2) is 0 Å². The maximum atomic E-state index is 12.2. The van der Waals surface area contributed by atoms with Gasteiger partial charge >= 0.3 is 6.09 Å². The molecule has 0 saturated carbocycles. The van der Waals surface area contributed by atoms with E-state index in [9.17, 15) is 9.59 Å². The number of alkyl carbamates (subject to hydrolysis) is 1. The van der Waals surface area contributed by atoms with Gasteiger partial charge in [-0.3, -0.25) is 9.89 Å². The summed E-state index contributed by atoms with van der Waals surface area (Å²) in [6.45, 7) is 4.92. The van der Waals surface area contributed by atoms with Gasteiger partial charge in [-0.2, -0.15) is 0 Å². The Bertz CT molecular complexity index is 487. The number of piperidine rings is 1. The van der Waals surface area contributed by atoms with E-state index in [4.69, 9.17) is 4.74 Å². The van der Waals surface area contributed by atoms with Gasteiger partial charge in [0, 0.05) is 19.1 Å². The Morgan fingerprint density at radius 1 is 1.55 bits per heavy atom. The number of nitrogens with one attached hydrogen (secondary N) is 2. The lowest BCUT2D eigenvalue weighted by molar-refractivity contribution is 0.0674. The van der Waals surface area contributed by atoms with Crippen LogP contribution in [0.25, 0.3) is 0 Å². The number of hydrogen-bond acceptors (Lipinski definition) is 5. The van der Waals surface area contributed by atoms with Crippen molar-refractivity contribution in [3.8, 4) is 0 Å². The first-order valence-corrected chi connectivity index (χ1v) is 6.71. The number of rotatable bonds is 3. The maximum absolute atomic E-state index is 12.2. The second kappa shape index (κ2) is 6.36. The number of carbonyl (C=O) groups is 2. The minimum Gasteiger partial charge on any atom is -0.450 e. The number of H-pyrrole nitrogens is 1. The van der Waals surface area contributed by atoms with Crippen molar-refractivity contribution in [1.29, 1.82) is 0 Å². The molecule has 2 rings (SSSR count). The fourth-order valence-corrected chi connectivity index (χ4v) is 2.20. The Morgan fingerprint density at radius 3 is 3.00 bits per heavy atom. The van der Waals surface area contributed by atoms with Crippen LogP contribution >= 0.6 is 0 Å². The fraction of sp³-hybridized carbons (Fsp3) is 0.667. The summed E-state index contributed by atoms with van der Waals surface area (Å²) >= 11 is 0. The van der Waals surface area contributed by atoms with Crippen molar-refractivity contribution < 1.29 is 14.3 Å². The molecule has 110 valence electrons.